The van der Waals surface area contributed by atoms with Crippen molar-refractivity contribution in [1.82, 2.24) is 10.7 Å². The molecule has 56 valence electrons. The maximum absolute atomic E-state index is 5.31. The smallest absolute Gasteiger partial charge is 0.0299 e. The maximum Gasteiger partial charge on any atom is 0.0299 e. The van der Waals surface area contributed by atoms with Gasteiger partial charge in [-0.25, -0.2) is 0 Å². The molecule has 0 unspecified atom stereocenters. The van der Waals surface area contributed by atoms with Crippen LogP contribution in [0.5, 0.6) is 0 Å². The largest absolute Gasteiger partial charge is 0.256 e. The Morgan fingerprint density at radius 3 is 2.56 bits per heavy atom. The summed E-state index contributed by atoms with van der Waals surface area (Å²) in [5.74, 6) is 10.3. The fourth-order valence-electron chi connectivity index (χ4n) is 0.597. The molecule has 0 saturated carbocycles. The number of hydrazine groups is 3. The fourth-order valence-corrected chi connectivity index (χ4v) is 0.597. The van der Waals surface area contributed by atoms with E-state index in [1.165, 1.54) is 18.0 Å². The lowest BCUT2D eigenvalue weighted by atomic mass is 10.2. The van der Waals surface area contributed by atoms with Crippen molar-refractivity contribution < 1.29 is 0 Å². The Bertz CT molecular complexity index is 56.9. The molecule has 0 fully saturated rings. The summed E-state index contributed by atoms with van der Waals surface area (Å²) in [6, 6.07) is 0. The summed E-state index contributed by atoms with van der Waals surface area (Å²) in [6.45, 7) is 2.96. The van der Waals surface area contributed by atoms with E-state index in [4.69, 9.17) is 11.7 Å². The lowest BCUT2D eigenvalue weighted by Gasteiger charge is -2.12. The van der Waals surface area contributed by atoms with Crippen LogP contribution in [0.25, 0.3) is 0 Å². The summed E-state index contributed by atoms with van der Waals surface area (Å²) < 4.78 is 0. The Hall–Kier alpha value is -0.160. The van der Waals surface area contributed by atoms with Gasteiger partial charge in [0.1, 0.15) is 0 Å². The minimum Gasteiger partial charge on any atom is -0.256 e. The number of hydrogen-bond acceptors (Lipinski definition) is 4. The van der Waals surface area contributed by atoms with Crippen molar-refractivity contribution in [3.63, 3.8) is 0 Å². The molecule has 0 saturated heterocycles. The summed E-state index contributed by atoms with van der Waals surface area (Å²) >= 11 is 0. The summed E-state index contributed by atoms with van der Waals surface area (Å²) in [6.07, 6.45) is 3.50. The Kier molecular flexibility index (Phi) is 5.86. The molecule has 0 aliphatic rings. The highest BCUT2D eigenvalue weighted by Gasteiger charge is 1.91. The number of unbranched alkanes of at least 4 members (excludes halogenated alkanes) is 2. The Balaban J connectivity index is 2.88. The second kappa shape index (κ2) is 5.97. The van der Waals surface area contributed by atoms with Gasteiger partial charge < -0.3 is 0 Å². The molecule has 0 atom stereocenters. The van der Waals surface area contributed by atoms with Gasteiger partial charge in [-0.05, 0) is 6.42 Å². The van der Waals surface area contributed by atoms with Gasteiger partial charge in [-0.1, -0.05) is 19.8 Å². The molecule has 5 N–H and O–H groups in total. The van der Waals surface area contributed by atoms with E-state index in [-0.39, 0.29) is 0 Å². The first-order chi connectivity index (χ1) is 4.31. The van der Waals surface area contributed by atoms with Gasteiger partial charge in [0.2, 0.25) is 0 Å². The molecule has 0 aromatic heterocycles. The average molecular weight is 132 g/mol. The van der Waals surface area contributed by atoms with E-state index >= 15 is 0 Å². The van der Waals surface area contributed by atoms with Crippen LogP contribution in [0.2, 0.25) is 0 Å². The minimum atomic E-state index is 0.810. The van der Waals surface area contributed by atoms with E-state index in [2.05, 4.69) is 12.5 Å². The molecule has 0 rings (SSSR count). The van der Waals surface area contributed by atoms with Crippen molar-refractivity contribution in [2.75, 3.05) is 6.54 Å². The zero-order valence-corrected chi connectivity index (χ0v) is 5.93. The maximum atomic E-state index is 5.31. The van der Waals surface area contributed by atoms with Gasteiger partial charge >= 0.3 is 0 Å². The van der Waals surface area contributed by atoms with Crippen LogP contribution in [-0.2, 0) is 0 Å². The third-order valence-electron chi connectivity index (χ3n) is 1.17. The van der Waals surface area contributed by atoms with Crippen LogP contribution in [-0.4, -0.2) is 11.7 Å². The normalized spacial score (nSPS) is 10.7. The highest BCUT2D eigenvalue weighted by atomic mass is 15.7. The molecule has 0 aliphatic carbocycles. The first-order valence-electron chi connectivity index (χ1n) is 3.29. The molecule has 0 bridgehead atoms. The molecule has 0 spiro atoms. The van der Waals surface area contributed by atoms with Gasteiger partial charge in [0.05, 0.1) is 0 Å². The lowest BCUT2D eigenvalue weighted by molar-refractivity contribution is 0.190. The third kappa shape index (κ3) is 5.72. The van der Waals surface area contributed by atoms with E-state index in [1.807, 2.05) is 0 Å². The zero-order chi connectivity index (χ0) is 7.11. The highest BCUT2D eigenvalue weighted by Crippen LogP contribution is 1.92. The summed E-state index contributed by atoms with van der Waals surface area (Å²) in [5, 5.41) is 1.38. The summed E-state index contributed by atoms with van der Waals surface area (Å²) in [4.78, 5) is 0. The van der Waals surface area contributed by atoms with Gasteiger partial charge in [0, 0.05) is 6.54 Å². The average Bonchev–Trinajstić information content (AvgIpc) is 1.89. The quantitative estimate of drug-likeness (QED) is 0.274. The third-order valence-corrected chi connectivity index (χ3v) is 1.17. The number of nitrogens with zero attached hydrogens (tertiary/aromatic N) is 1. The standard InChI is InChI=1S/C5H16N4/c1-2-3-4-5-9(7)8-6/h8H,2-7H2,1H3. The molecule has 0 aromatic rings. The van der Waals surface area contributed by atoms with Gasteiger partial charge in [0.25, 0.3) is 0 Å². The van der Waals surface area contributed by atoms with Crippen LogP contribution in [0.1, 0.15) is 26.2 Å². The predicted octanol–water partition coefficient (Wildman–Crippen LogP) is -0.269. The molecule has 0 amide bonds. The van der Waals surface area contributed by atoms with Crippen molar-refractivity contribution in [3.8, 4) is 0 Å². The number of hydrogen-bond donors (Lipinski definition) is 3. The highest BCUT2D eigenvalue weighted by molar-refractivity contribution is 4.40. The van der Waals surface area contributed by atoms with Crippen LogP contribution < -0.4 is 17.2 Å². The first-order valence-corrected chi connectivity index (χ1v) is 3.29. The van der Waals surface area contributed by atoms with Gasteiger partial charge in [0.15, 0.2) is 0 Å². The van der Waals surface area contributed by atoms with E-state index in [0.717, 1.165) is 13.0 Å². The fraction of sp³-hybridized carbons (Fsp3) is 1.00. The molecular weight excluding hydrogens is 116 g/mol. The van der Waals surface area contributed by atoms with E-state index in [0.29, 0.717) is 0 Å². The summed E-state index contributed by atoms with van der Waals surface area (Å²) in [5.41, 5.74) is 2.33. The Morgan fingerprint density at radius 1 is 1.44 bits per heavy atom. The molecule has 4 heteroatoms. The van der Waals surface area contributed by atoms with Crippen molar-refractivity contribution >= 4 is 0 Å². The van der Waals surface area contributed by atoms with Gasteiger partial charge in [-0.3, -0.25) is 11.7 Å². The van der Waals surface area contributed by atoms with Crippen molar-refractivity contribution in [2.45, 2.75) is 26.2 Å². The van der Waals surface area contributed by atoms with Crippen molar-refractivity contribution in [2.24, 2.45) is 11.7 Å². The number of nitrogens with two attached hydrogens (primary N) is 2. The van der Waals surface area contributed by atoms with E-state index < -0.39 is 0 Å². The van der Waals surface area contributed by atoms with Crippen LogP contribution in [0.4, 0.5) is 0 Å². The van der Waals surface area contributed by atoms with Crippen molar-refractivity contribution in [1.29, 1.82) is 0 Å². The molecule has 4 nitrogen and oxygen atoms in total. The van der Waals surface area contributed by atoms with Crippen LogP contribution in [0, 0.1) is 0 Å². The predicted molar refractivity (Wildman–Crippen MR) is 37.7 cm³/mol. The lowest BCUT2D eigenvalue weighted by Crippen LogP contribution is -2.48. The second-order valence-electron chi connectivity index (χ2n) is 2.03. The molecule has 0 radical (unpaired) electrons. The molecule has 0 aliphatic heterocycles. The second-order valence-corrected chi connectivity index (χ2v) is 2.03. The first kappa shape index (κ1) is 8.84. The number of nitrogens with one attached hydrogen (secondary N) is 1. The van der Waals surface area contributed by atoms with Crippen molar-refractivity contribution in [3.05, 3.63) is 0 Å². The Labute approximate surface area is 56.1 Å². The minimum absolute atomic E-state index is 0.810. The van der Waals surface area contributed by atoms with Crippen LogP contribution >= 0.6 is 0 Å². The van der Waals surface area contributed by atoms with E-state index in [1.54, 1.807) is 0 Å². The van der Waals surface area contributed by atoms with Gasteiger partial charge in [-0.15, -0.1) is 0 Å². The topological polar surface area (TPSA) is 67.3 Å². The van der Waals surface area contributed by atoms with Crippen LogP contribution in [0.15, 0.2) is 0 Å². The van der Waals surface area contributed by atoms with E-state index in [9.17, 15) is 0 Å². The molecular formula is C5H16N4. The molecule has 0 aromatic carbocycles. The zero-order valence-electron chi connectivity index (χ0n) is 5.93. The molecule has 0 heterocycles. The summed E-state index contributed by atoms with van der Waals surface area (Å²) in [7, 11) is 0. The molecule has 9 heavy (non-hydrogen) atoms. The van der Waals surface area contributed by atoms with Crippen LogP contribution in [0.3, 0.4) is 0 Å². The monoisotopic (exact) mass is 132 g/mol. The number of rotatable bonds is 5. The SMILES string of the molecule is CCCCCN(N)NN. The van der Waals surface area contributed by atoms with Gasteiger partial charge in [-0.2, -0.15) is 10.7 Å². The Morgan fingerprint density at radius 2 is 2.11 bits per heavy atom.